The van der Waals surface area contributed by atoms with E-state index in [9.17, 15) is 4.39 Å². The molecule has 3 N–H and O–H groups in total. The average Bonchev–Trinajstić information content (AvgIpc) is 3.07. The zero-order valence-electron chi connectivity index (χ0n) is 16.4. The number of aromatic nitrogens is 4. The van der Waals surface area contributed by atoms with Crippen molar-refractivity contribution in [3.8, 4) is 5.75 Å². The summed E-state index contributed by atoms with van der Waals surface area (Å²) in [7, 11) is 0. The van der Waals surface area contributed by atoms with Gasteiger partial charge in [-0.2, -0.15) is 5.10 Å². The third-order valence-electron chi connectivity index (χ3n) is 4.53. The van der Waals surface area contributed by atoms with Crippen molar-refractivity contribution in [2.75, 3.05) is 18.5 Å². The molecule has 4 aromatic rings. The van der Waals surface area contributed by atoms with Crippen LogP contribution in [0.25, 0.3) is 10.9 Å². The maximum atomic E-state index is 13.8. The van der Waals surface area contributed by atoms with Crippen molar-refractivity contribution in [2.45, 2.75) is 13.0 Å². The number of benzene rings is 2. The summed E-state index contributed by atoms with van der Waals surface area (Å²) in [6.07, 6.45) is 0.679. The second-order valence-corrected chi connectivity index (χ2v) is 7.46. The molecule has 2 aromatic carbocycles. The largest absolute Gasteiger partial charge is 0.493 e. The molecule has 0 atom stereocenters. The van der Waals surface area contributed by atoms with Crippen LogP contribution in [0, 0.1) is 5.82 Å². The van der Waals surface area contributed by atoms with Crippen LogP contribution in [0.4, 0.5) is 16.0 Å². The van der Waals surface area contributed by atoms with E-state index in [-0.39, 0.29) is 16.3 Å². The van der Waals surface area contributed by atoms with Crippen LogP contribution in [0.5, 0.6) is 5.75 Å². The molecule has 4 rings (SSSR count). The molecular formula is C21H19Cl2FN6O. The number of ether oxygens (including phenoxy) is 1. The molecule has 0 radical (unpaired) electrons. The van der Waals surface area contributed by atoms with Crippen molar-refractivity contribution in [3.63, 3.8) is 0 Å². The fourth-order valence-electron chi connectivity index (χ4n) is 3.14. The van der Waals surface area contributed by atoms with Gasteiger partial charge in [-0.05, 0) is 42.8 Å². The molecule has 0 unspecified atom stereocenters. The molecule has 2 aromatic heterocycles. The van der Waals surface area contributed by atoms with Gasteiger partial charge < -0.3 is 15.8 Å². The van der Waals surface area contributed by atoms with Crippen LogP contribution in [0.2, 0.25) is 10.4 Å². The minimum absolute atomic E-state index is 0.0318. The highest BCUT2D eigenvalue weighted by Crippen LogP contribution is 2.29. The molecule has 31 heavy (non-hydrogen) atoms. The van der Waals surface area contributed by atoms with Crippen molar-refractivity contribution in [3.05, 3.63) is 70.3 Å². The Balaban J connectivity index is 1.68. The lowest BCUT2D eigenvalue weighted by atomic mass is 10.2. The molecule has 7 nitrogen and oxygen atoms in total. The molecular weight excluding hydrogens is 442 g/mol. The summed E-state index contributed by atoms with van der Waals surface area (Å²) in [6.45, 7) is 1.29. The Kier molecular flexibility index (Phi) is 6.50. The second kappa shape index (κ2) is 9.47. The summed E-state index contributed by atoms with van der Waals surface area (Å²) in [4.78, 5) is 7.98. The van der Waals surface area contributed by atoms with E-state index in [1.54, 1.807) is 12.1 Å². The summed E-state index contributed by atoms with van der Waals surface area (Å²) in [6, 6.07) is 13.8. The first-order chi connectivity index (χ1) is 15.0. The van der Waals surface area contributed by atoms with Gasteiger partial charge in [0.15, 0.2) is 5.82 Å². The minimum atomic E-state index is -0.364. The monoisotopic (exact) mass is 460 g/mol. The van der Waals surface area contributed by atoms with Gasteiger partial charge in [0.05, 0.1) is 18.7 Å². The number of nitrogens with zero attached hydrogens (tertiary/aromatic N) is 4. The van der Waals surface area contributed by atoms with Gasteiger partial charge in [0.2, 0.25) is 5.28 Å². The Morgan fingerprint density at radius 1 is 1.10 bits per heavy atom. The average molecular weight is 461 g/mol. The van der Waals surface area contributed by atoms with Crippen LogP contribution in [0.15, 0.2) is 48.5 Å². The van der Waals surface area contributed by atoms with E-state index in [1.807, 2.05) is 28.9 Å². The van der Waals surface area contributed by atoms with Gasteiger partial charge in [-0.15, -0.1) is 0 Å². The molecule has 0 saturated heterocycles. The number of halogens is 3. The van der Waals surface area contributed by atoms with Gasteiger partial charge in [-0.1, -0.05) is 29.8 Å². The van der Waals surface area contributed by atoms with E-state index in [0.29, 0.717) is 43.5 Å². The molecule has 0 aliphatic heterocycles. The van der Waals surface area contributed by atoms with Crippen LogP contribution < -0.4 is 15.8 Å². The van der Waals surface area contributed by atoms with Gasteiger partial charge >= 0.3 is 0 Å². The Labute approximate surface area is 188 Å². The highest BCUT2D eigenvalue weighted by Gasteiger charge is 2.14. The van der Waals surface area contributed by atoms with Gasteiger partial charge in [0.25, 0.3) is 0 Å². The summed E-state index contributed by atoms with van der Waals surface area (Å²) < 4.78 is 21.3. The Morgan fingerprint density at radius 3 is 2.74 bits per heavy atom. The lowest BCUT2D eigenvalue weighted by molar-refractivity contribution is 0.307. The first-order valence-electron chi connectivity index (χ1n) is 9.57. The normalized spacial score (nSPS) is 11.1. The third-order valence-corrected chi connectivity index (χ3v) is 4.89. The fourth-order valence-corrected chi connectivity index (χ4v) is 3.54. The number of rotatable bonds is 8. The first-order valence-corrected chi connectivity index (χ1v) is 10.3. The molecule has 0 spiro atoms. The number of hydrogen-bond acceptors (Lipinski definition) is 6. The van der Waals surface area contributed by atoms with Crippen molar-refractivity contribution in [1.82, 2.24) is 19.7 Å². The van der Waals surface area contributed by atoms with Gasteiger partial charge in [-0.25, -0.2) is 14.4 Å². The van der Waals surface area contributed by atoms with E-state index in [1.165, 1.54) is 12.1 Å². The highest BCUT2D eigenvalue weighted by atomic mass is 35.5. The molecule has 0 amide bonds. The predicted octanol–water partition coefficient (Wildman–Crippen LogP) is 4.79. The second-order valence-electron chi connectivity index (χ2n) is 6.74. The standard InChI is InChI=1S/C21H19Cl2FN6O/c22-18-11-19(28-21(23)26-18)27-20-15-4-1-2-5-16(15)30(29-20)12-13-6-7-14(24)10-17(13)31-9-3-8-25/h1-2,4-7,10-11H,3,8-9,12,25H2,(H,26,27,28,29). The lowest BCUT2D eigenvalue weighted by Crippen LogP contribution is -2.09. The lowest BCUT2D eigenvalue weighted by Gasteiger charge is -2.12. The Bertz CT molecular complexity index is 1200. The maximum absolute atomic E-state index is 13.8. The Hall–Kier alpha value is -2.94. The third kappa shape index (κ3) is 5.04. The van der Waals surface area contributed by atoms with Gasteiger partial charge in [0, 0.05) is 23.1 Å². The smallest absolute Gasteiger partial charge is 0.225 e. The van der Waals surface area contributed by atoms with Crippen molar-refractivity contribution < 1.29 is 9.13 Å². The summed E-state index contributed by atoms with van der Waals surface area (Å²) in [5.74, 6) is 1.11. The summed E-state index contributed by atoms with van der Waals surface area (Å²) in [5, 5.41) is 8.96. The quantitative estimate of drug-likeness (QED) is 0.223. The molecule has 0 fully saturated rings. The zero-order valence-corrected chi connectivity index (χ0v) is 17.9. The first kappa shape index (κ1) is 21.3. The SMILES string of the molecule is NCCCOc1cc(F)ccc1Cn1nc(Nc2cc(Cl)nc(Cl)n2)c2ccccc21. The van der Waals surface area contributed by atoms with E-state index in [4.69, 9.17) is 33.7 Å². The molecule has 0 aliphatic rings. The number of para-hydroxylation sites is 1. The zero-order chi connectivity index (χ0) is 21.8. The molecule has 0 bridgehead atoms. The van der Waals surface area contributed by atoms with Crippen molar-refractivity contribution in [1.29, 1.82) is 0 Å². The molecule has 160 valence electrons. The van der Waals surface area contributed by atoms with E-state index < -0.39 is 0 Å². The molecule has 0 aliphatic carbocycles. The summed E-state index contributed by atoms with van der Waals surface area (Å²) in [5.41, 5.74) is 7.21. The van der Waals surface area contributed by atoms with Gasteiger partial charge in [0.1, 0.15) is 22.5 Å². The van der Waals surface area contributed by atoms with Crippen LogP contribution in [-0.4, -0.2) is 32.9 Å². The number of nitrogens with two attached hydrogens (primary N) is 1. The summed E-state index contributed by atoms with van der Waals surface area (Å²) >= 11 is 11.9. The highest BCUT2D eigenvalue weighted by molar-refractivity contribution is 6.32. The fraction of sp³-hybridized carbons (Fsp3) is 0.190. The van der Waals surface area contributed by atoms with E-state index in [2.05, 4.69) is 20.4 Å². The minimum Gasteiger partial charge on any atom is -0.493 e. The predicted molar refractivity (Wildman–Crippen MR) is 120 cm³/mol. The number of fused-ring (bicyclic) bond motifs is 1. The Morgan fingerprint density at radius 2 is 1.94 bits per heavy atom. The van der Waals surface area contributed by atoms with Crippen LogP contribution >= 0.6 is 23.2 Å². The van der Waals surface area contributed by atoms with Crippen LogP contribution in [-0.2, 0) is 6.54 Å². The molecule has 2 heterocycles. The molecule has 10 heteroatoms. The van der Waals surface area contributed by atoms with Crippen LogP contribution in [0.1, 0.15) is 12.0 Å². The number of anilines is 2. The molecule has 0 saturated carbocycles. The number of hydrogen-bond donors (Lipinski definition) is 2. The van der Waals surface area contributed by atoms with Crippen molar-refractivity contribution >= 4 is 45.7 Å². The van der Waals surface area contributed by atoms with E-state index in [0.717, 1.165) is 16.5 Å². The number of nitrogens with one attached hydrogen (secondary N) is 1. The van der Waals surface area contributed by atoms with Crippen molar-refractivity contribution in [2.24, 2.45) is 5.73 Å². The van der Waals surface area contributed by atoms with Crippen LogP contribution in [0.3, 0.4) is 0 Å². The van der Waals surface area contributed by atoms with Gasteiger partial charge in [-0.3, -0.25) is 4.68 Å². The maximum Gasteiger partial charge on any atom is 0.225 e. The van der Waals surface area contributed by atoms with E-state index >= 15 is 0 Å². The topological polar surface area (TPSA) is 90.9 Å².